The average molecular weight is 285 g/mol. The van der Waals surface area contributed by atoms with Gasteiger partial charge in [0.2, 0.25) is 0 Å². The summed E-state index contributed by atoms with van der Waals surface area (Å²) in [6.07, 6.45) is 4.16. The Morgan fingerprint density at radius 3 is 2.86 bits per heavy atom. The molecule has 1 amide bonds. The number of nitrogens with one attached hydrogen (secondary N) is 1. The van der Waals surface area contributed by atoms with Gasteiger partial charge in [0, 0.05) is 19.3 Å². The van der Waals surface area contributed by atoms with E-state index in [-0.39, 0.29) is 12.5 Å². The highest BCUT2D eigenvalue weighted by Gasteiger charge is 2.02. The monoisotopic (exact) mass is 285 g/mol. The van der Waals surface area contributed by atoms with E-state index < -0.39 is 0 Å². The van der Waals surface area contributed by atoms with Crippen LogP contribution in [0.3, 0.4) is 0 Å². The minimum absolute atomic E-state index is 0.0464. The molecule has 0 radical (unpaired) electrons. The Balaban J connectivity index is 1.61. The van der Waals surface area contributed by atoms with Crippen molar-refractivity contribution in [3.05, 3.63) is 42.2 Å². The predicted octanol–water partition coefficient (Wildman–Crippen LogP) is 0.735. The second-order valence-corrected chi connectivity index (χ2v) is 4.29. The maximum Gasteiger partial charge on any atom is 0.257 e. The Morgan fingerprint density at radius 2 is 2.19 bits per heavy atom. The van der Waals surface area contributed by atoms with Crippen LogP contribution < -0.4 is 10.1 Å². The maximum absolute atomic E-state index is 11.6. The molecule has 2 rings (SSSR count). The normalized spacial score (nSPS) is 9.86. The molecule has 0 spiro atoms. The first kappa shape index (κ1) is 14.5. The standard InChI is InChI=1S/C14H15N5O2/c15-10-12-2-4-13(5-3-12)21-11-14(20)16-6-1-8-19-9-7-17-18-19/h2-5,7,9H,1,6,8,11H2,(H,16,20). The van der Waals surface area contributed by atoms with E-state index in [0.717, 1.165) is 6.42 Å². The van der Waals surface area contributed by atoms with Crippen LogP contribution in [0.15, 0.2) is 36.7 Å². The number of carbonyl (C=O) groups is 1. The zero-order valence-electron chi connectivity index (χ0n) is 11.4. The highest BCUT2D eigenvalue weighted by atomic mass is 16.5. The summed E-state index contributed by atoms with van der Waals surface area (Å²) in [5.41, 5.74) is 0.555. The fourth-order valence-electron chi connectivity index (χ4n) is 1.65. The van der Waals surface area contributed by atoms with Crippen LogP contribution in [0, 0.1) is 11.3 Å². The Kier molecular flexibility index (Phi) is 5.29. The molecule has 108 valence electrons. The van der Waals surface area contributed by atoms with Crippen molar-refractivity contribution in [2.75, 3.05) is 13.2 Å². The number of amides is 1. The van der Waals surface area contributed by atoms with E-state index in [0.29, 0.717) is 24.4 Å². The van der Waals surface area contributed by atoms with E-state index in [1.54, 1.807) is 41.3 Å². The highest BCUT2D eigenvalue weighted by molar-refractivity contribution is 5.77. The quantitative estimate of drug-likeness (QED) is 0.757. The molecule has 1 aromatic heterocycles. The van der Waals surface area contributed by atoms with E-state index in [1.807, 2.05) is 6.07 Å². The number of hydrogen-bond acceptors (Lipinski definition) is 5. The van der Waals surface area contributed by atoms with Gasteiger partial charge < -0.3 is 10.1 Å². The molecule has 0 unspecified atom stereocenters. The van der Waals surface area contributed by atoms with Crippen LogP contribution in [-0.4, -0.2) is 34.1 Å². The molecule has 1 aromatic carbocycles. The number of benzene rings is 1. The van der Waals surface area contributed by atoms with Crippen molar-refractivity contribution in [2.45, 2.75) is 13.0 Å². The minimum Gasteiger partial charge on any atom is -0.484 e. The van der Waals surface area contributed by atoms with Gasteiger partial charge in [-0.1, -0.05) is 5.21 Å². The van der Waals surface area contributed by atoms with Crippen LogP contribution in [0.1, 0.15) is 12.0 Å². The van der Waals surface area contributed by atoms with Crippen LogP contribution in [0.2, 0.25) is 0 Å². The Labute approximate surface area is 122 Å². The molecule has 0 aliphatic heterocycles. The molecular formula is C14H15N5O2. The van der Waals surface area contributed by atoms with E-state index in [4.69, 9.17) is 10.00 Å². The van der Waals surface area contributed by atoms with Crippen LogP contribution >= 0.6 is 0 Å². The molecule has 1 N–H and O–H groups in total. The third kappa shape index (κ3) is 4.95. The van der Waals surface area contributed by atoms with E-state index in [1.165, 1.54) is 0 Å². The largest absolute Gasteiger partial charge is 0.484 e. The molecule has 0 fully saturated rings. The summed E-state index contributed by atoms with van der Waals surface area (Å²) in [7, 11) is 0. The average Bonchev–Trinajstić information content (AvgIpc) is 3.03. The van der Waals surface area contributed by atoms with Gasteiger partial charge in [0.15, 0.2) is 6.61 Å². The van der Waals surface area contributed by atoms with E-state index in [9.17, 15) is 4.79 Å². The molecule has 7 nitrogen and oxygen atoms in total. The fraction of sp³-hybridized carbons (Fsp3) is 0.286. The first-order valence-corrected chi connectivity index (χ1v) is 6.51. The summed E-state index contributed by atoms with van der Waals surface area (Å²) in [5, 5.41) is 19.0. The maximum atomic E-state index is 11.6. The number of carbonyl (C=O) groups excluding carboxylic acids is 1. The molecule has 0 aliphatic carbocycles. The third-order valence-corrected chi connectivity index (χ3v) is 2.71. The van der Waals surface area contributed by atoms with Gasteiger partial charge >= 0.3 is 0 Å². The summed E-state index contributed by atoms with van der Waals surface area (Å²) in [4.78, 5) is 11.6. The number of ether oxygens (including phenoxy) is 1. The molecule has 0 saturated heterocycles. The van der Waals surface area contributed by atoms with Crippen LogP contribution in [0.5, 0.6) is 5.75 Å². The SMILES string of the molecule is N#Cc1ccc(OCC(=O)NCCCn2ccnn2)cc1. The summed E-state index contributed by atoms with van der Waals surface area (Å²) in [6, 6.07) is 8.63. The summed E-state index contributed by atoms with van der Waals surface area (Å²) in [5.74, 6) is 0.379. The van der Waals surface area contributed by atoms with Gasteiger partial charge in [-0.05, 0) is 30.7 Å². The summed E-state index contributed by atoms with van der Waals surface area (Å²) >= 11 is 0. The topological polar surface area (TPSA) is 92.8 Å². The number of nitriles is 1. The molecule has 21 heavy (non-hydrogen) atoms. The van der Waals surface area contributed by atoms with Gasteiger partial charge in [0.1, 0.15) is 5.75 Å². The van der Waals surface area contributed by atoms with Crippen molar-refractivity contribution >= 4 is 5.91 Å². The van der Waals surface area contributed by atoms with Crippen LogP contribution in [0.25, 0.3) is 0 Å². The van der Waals surface area contributed by atoms with E-state index in [2.05, 4.69) is 15.6 Å². The van der Waals surface area contributed by atoms with Crippen molar-refractivity contribution < 1.29 is 9.53 Å². The Hall–Kier alpha value is -2.88. The Morgan fingerprint density at radius 1 is 1.38 bits per heavy atom. The zero-order valence-corrected chi connectivity index (χ0v) is 11.4. The molecule has 7 heteroatoms. The fourth-order valence-corrected chi connectivity index (χ4v) is 1.65. The first-order valence-electron chi connectivity index (χ1n) is 6.51. The second kappa shape index (κ2) is 7.65. The lowest BCUT2D eigenvalue weighted by atomic mass is 10.2. The smallest absolute Gasteiger partial charge is 0.257 e. The van der Waals surface area contributed by atoms with Crippen molar-refractivity contribution in [2.24, 2.45) is 0 Å². The lowest BCUT2D eigenvalue weighted by Crippen LogP contribution is -2.30. The van der Waals surface area contributed by atoms with Gasteiger partial charge in [-0.2, -0.15) is 5.26 Å². The van der Waals surface area contributed by atoms with Crippen LogP contribution in [0.4, 0.5) is 0 Å². The summed E-state index contributed by atoms with van der Waals surface area (Å²) < 4.78 is 7.03. The molecule has 0 atom stereocenters. The minimum atomic E-state index is -0.182. The Bertz CT molecular complexity index is 601. The first-order chi connectivity index (χ1) is 10.3. The molecule has 0 saturated carbocycles. The second-order valence-electron chi connectivity index (χ2n) is 4.29. The predicted molar refractivity (Wildman–Crippen MR) is 74.3 cm³/mol. The molecular weight excluding hydrogens is 270 g/mol. The number of hydrogen-bond donors (Lipinski definition) is 1. The summed E-state index contributed by atoms with van der Waals surface area (Å²) in [6.45, 7) is 1.21. The highest BCUT2D eigenvalue weighted by Crippen LogP contribution is 2.11. The van der Waals surface area contributed by atoms with E-state index >= 15 is 0 Å². The van der Waals surface area contributed by atoms with Crippen molar-refractivity contribution in [3.8, 4) is 11.8 Å². The molecule has 1 heterocycles. The lowest BCUT2D eigenvalue weighted by molar-refractivity contribution is -0.123. The van der Waals surface area contributed by atoms with Gasteiger partial charge in [0.05, 0.1) is 17.8 Å². The molecule has 2 aromatic rings. The van der Waals surface area contributed by atoms with Crippen molar-refractivity contribution in [1.82, 2.24) is 20.3 Å². The third-order valence-electron chi connectivity index (χ3n) is 2.71. The van der Waals surface area contributed by atoms with Crippen molar-refractivity contribution in [1.29, 1.82) is 5.26 Å². The number of nitrogens with zero attached hydrogens (tertiary/aromatic N) is 4. The number of aryl methyl sites for hydroxylation is 1. The number of aromatic nitrogens is 3. The molecule has 0 bridgehead atoms. The number of rotatable bonds is 7. The zero-order chi connectivity index (χ0) is 14.9. The van der Waals surface area contributed by atoms with Gasteiger partial charge in [-0.15, -0.1) is 5.10 Å². The van der Waals surface area contributed by atoms with Gasteiger partial charge in [-0.25, -0.2) is 0 Å². The van der Waals surface area contributed by atoms with Crippen molar-refractivity contribution in [3.63, 3.8) is 0 Å². The lowest BCUT2D eigenvalue weighted by Gasteiger charge is -2.07. The van der Waals surface area contributed by atoms with Gasteiger partial charge in [-0.3, -0.25) is 9.48 Å². The van der Waals surface area contributed by atoms with Crippen LogP contribution in [-0.2, 0) is 11.3 Å². The van der Waals surface area contributed by atoms with Gasteiger partial charge in [0.25, 0.3) is 5.91 Å². The molecule has 0 aliphatic rings.